The number of hydrogen-bond donors (Lipinski definition) is 0. The van der Waals surface area contributed by atoms with Crippen LogP contribution in [0.15, 0.2) is 71.8 Å². The van der Waals surface area contributed by atoms with Crippen LogP contribution in [0.25, 0.3) is 5.57 Å². The summed E-state index contributed by atoms with van der Waals surface area (Å²) in [5, 5.41) is 0. The minimum absolute atomic E-state index is 0.0799. The molecule has 0 saturated heterocycles. The Morgan fingerprint density at radius 3 is 2.26 bits per heavy atom. The summed E-state index contributed by atoms with van der Waals surface area (Å²) in [6.45, 7) is 4.44. The van der Waals surface area contributed by atoms with Gasteiger partial charge >= 0.3 is 0 Å². The van der Waals surface area contributed by atoms with E-state index in [1.807, 2.05) is 42.5 Å². The molecule has 0 aliphatic heterocycles. The SMILES string of the molecule is CCC1=C(C)C(c2ccc(C(=O)c3ccccc3)cc2)=CCC1. The Kier molecular flexibility index (Phi) is 4.57. The van der Waals surface area contributed by atoms with E-state index in [-0.39, 0.29) is 5.78 Å². The second-order valence-electron chi connectivity index (χ2n) is 6.01. The lowest BCUT2D eigenvalue weighted by Crippen LogP contribution is -2.02. The fraction of sp³-hybridized carbons (Fsp3) is 0.227. The van der Waals surface area contributed by atoms with Crippen LogP contribution < -0.4 is 0 Å². The molecule has 1 heteroatoms. The number of hydrogen-bond acceptors (Lipinski definition) is 1. The fourth-order valence-corrected chi connectivity index (χ4v) is 3.26. The van der Waals surface area contributed by atoms with Crippen molar-refractivity contribution in [3.8, 4) is 0 Å². The van der Waals surface area contributed by atoms with Gasteiger partial charge in [-0.15, -0.1) is 0 Å². The van der Waals surface area contributed by atoms with E-state index >= 15 is 0 Å². The Hall–Kier alpha value is -2.41. The Labute approximate surface area is 138 Å². The number of allylic oxidation sites excluding steroid dienone is 4. The maximum Gasteiger partial charge on any atom is 0.193 e. The zero-order chi connectivity index (χ0) is 16.2. The van der Waals surface area contributed by atoms with Crippen molar-refractivity contribution < 1.29 is 4.79 Å². The monoisotopic (exact) mass is 302 g/mol. The molecule has 0 spiro atoms. The molecule has 0 N–H and O–H groups in total. The number of rotatable bonds is 4. The highest BCUT2D eigenvalue weighted by Crippen LogP contribution is 2.33. The van der Waals surface area contributed by atoms with Crippen LogP contribution in [0.2, 0.25) is 0 Å². The van der Waals surface area contributed by atoms with Crippen molar-refractivity contribution in [1.29, 1.82) is 0 Å². The third-order valence-electron chi connectivity index (χ3n) is 4.65. The van der Waals surface area contributed by atoms with Crippen LogP contribution in [0.5, 0.6) is 0 Å². The molecule has 2 aromatic carbocycles. The van der Waals surface area contributed by atoms with Crippen molar-refractivity contribution in [3.05, 3.63) is 88.5 Å². The maximum atomic E-state index is 12.5. The molecule has 0 radical (unpaired) electrons. The third kappa shape index (κ3) is 3.19. The second-order valence-corrected chi connectivity index (χ2v) is 6.01. The van der Waals surface area contributed by atoms with Gasteiger partial charge < -0.3 is 0 Å². The highest BCUT2D eigenvalue weighted by molar-refractivity contribution is 6.09. The van der Waals surface area contributed by atoms with E-state index in [0.29, 0.717) is 0 Å². The molecule has 0 fully saturated rings. The lowest BCUT2D eigenvalue weighted by molar-refractivity contribution is 0.103. The van der Waals surface area contributed by atoms with E-state index in [4.69, 9.17) is 0 Å². The highest BCUT2D eigenvalue weighted by Gasteiger charge is 2.14. The Morgan fingerprint density at radius 2 is 1.61 bits per heavy atom. The molecule has 1 aliphatic carbocycles. The van der Waals surface area contributed by atoms with Crippen molar-refractivity contribution in [2.45, 2.75) is 33.1 Å². The quantitative estimate of drug-likeness (QED) is 0.650. The average Bonchev–Trinajstić information content (AvgIpc) is 2.62. The first-order chi connectivity index (χ1) is 11.2. The van der Waals surface area contributed by atoms with Crippen LogP contribution in [-0.4, -0.2) is 5.78 Å². The van der Waals surface area contributed by atoms with Crippen LogP contribution >= 0.6 is 0 Å². The predicted octanol–water partition coefficient (Wildman–Crippen LogP) is 5.82. The summed E-state index contributed by atoms with van der Waals surface area (Å²) in [6, 6.07) is 17.5. The lowest BCUT2D eigenvalue weighted by atomic mass is 9.86. The molecule has 1 aliphatic rings. The van der Waals surface area contributed by atoms with Crippen LogP contribution in [0.4, 0.5) is 0 Å². The molecular formula is C22H22O. The molecular weight excluding hydrogens is 280 g/mol. The largest absolute Gasteiger partial charge is 0.289 e. The van der Waals surface area contributed by atoms with Gasteiger partial charge in [-0.3, -0.25) is 4.79 Å². The average molecular weight is 302 g/mol. The normalized spacial score (nSPS) is 14.6. The lowest BCUT2D eigenvalue weighted by Gasteiger charge is -2.19. The molecule has 0 heterocycles. The van der Waals surface area contributed by atoms with Gasteiger partial charge in [-0.2, -0.15) is 0 Å². The molecule has 0 unspecified atom stereocenters. The maximum absolute atomic E-state index is 12.5. The van der Waals surface area contributed by atoms with E-state index < -0.39 is 0 Å². The molecule has 1 nitrogen and oxygen atoms in total. The van der Waals surface area contributed by atoms with E-state index in [1.165, 1.54) is 23.1 Å². The summed E-state index contributed by atoms with van der Waals surface area (Å²) in [7, 11) is 0. The Morgan fingerprint density at radius 1 is 0.957 bits per heavy atom. The molecule has 0 saturated carbocycles. The molecule has 0 amide bonds. The number of ketones is 1. The fourth-order valence-electron chi connectivity index (χ4n) is 3.26. The van der Waals surface area contributed by atoms with Gasteiger partial charge in [0.2, 0.25) is 0 Å². The summed E-state index contributed by atoms with van der Waals surface area (Å²) in [5.41, 5.74) is 6.97. The van der Waals surface area contributed by atoms with Gasteiger partial charge in [-0.1, -0.05) is 73.2 Å². The predicted molar refractivity (Wildman–Crippen MR) is 96.5 cm³/mol. The van der Waals surface area contributed by atoms with Crippen molar-refractivity contribution in [3.63, 3.8) is 0 Å². The molecule has 0 atom stereocenters. The Bertz CT molecular complexity index is 761. The molecule has 3 rings (SSSR count). The zero-order valence-electron chi connectivity index (χ0n) is 13.8. The number of carbonyl (C=O) groups is 1. The van der Waals surface area contributed by atoms with Crippen molar-refractivity contribution >= 4 is 11.4 Å². The Balaban J connectivity index is 1.87. The van der Waals surface area contributed by atoms with E-state index in [9.17, 15) is 4.79 Å². The van der Waals surface area contributed by atoms with Crippen LogP contribution in [0.1, 0.15) is 54.6 Å². The van der Waals surface area contributed by atoms with Gasteiger partial charge in [0.15, 0.2) is 5.78 Å². The molecule has 0 aromatic heterocycles. The third-order valence-corrected chi connectivity index (χ3v) is 4.65. The minimum atomic E-state index is 0.0799. The first-order valence-electron chi connectivity index (χ1n) is 8.30. The minimum Gasteiger partial charge on any atom is -0.289 e. The van der Waals surface area contributed by atoms with Crippen LogP contribution in [0.3, 0.4) is 0 Å². The zero-order valence-corrected chi connectivity index (χ0v) is 13.8. The summed E-state index contributed by atoms with van der Waals surface area (Å²) in [4.78, 5) is 12.5. The smallest absolute Gasteiger partial charge is 0.193 e. The standard InChI is InChI=1S/C22H22O/c1-3-17-10-7-11-21(16(17)2)18-12-14-20(15-13-18)22(23)19-8-5-4-6-9-19/h4-6,8-9,11-15H,3,7,10H2,1-2H3. The van der Waals surface area contributed by atoms with Gasteiger partial charge in [0.05, 0.1) is 0 Å². The summed E-state index contributed by atoms with van der Waals surface area (Å²) >= 11 is 0. The van der Waals surface area contributed by atoms with Gasteiger partial charge in [-0.25, -0.2) is 0 Å². The summed E-state index contributed by atoms with van der Waals surface area (Å²) in [5.74, 6) is 0.0799. The summed E-state index contributed by atoms with van der Waals surface area (Å²) < 4.78 is 0. The van der Waals surface area contributed by atoms with Gasteiger partial charge in [0.25, 0.3) is 0 Å². The first kappa shape index (κ1) is 15.5. The molecule has 2 aromatic rings. The number of carbonyl (C=O) groups excluding carboxylic acids is 1. The summed E-state index contributed by atoms with van der Waals surface area (Å²) in [6.07, 6.45) is 5.73. The van der Waals surface area contributed by atoms with Gasteiger partial charge in [-0.05, 0) is 42.9 Å². The van der Waals surface area contributed by atoms with Crippen LogP contribution in [0, 0.1) is 0 Å². The van der Waals surface area contributed by atoms with E-state index in [2.05, 4.69) is 32.1 Å². The number of benzene rings is 2. The second kappa shape index (κ2) is 6.78. The first-order valence-corrected chi connectivity index (χ1v) is 8.30. The van der Waals surface area contributed by atoms with Gasteiger partial charge in [0, 0.05) is 11.1 Å². The topological polar surface area (TPSA) is 17.1 Å². The molecule has 116 valence electrons. The van der Waals surface area contributed by atoms with Gasteiger partial charge in [0.1, 0.15) is 0 Å². The highest BCUT2D eigenvalue weighted by atomic mass is 16.1. The molecule has 23 heavy (non-hydrogen) atoms. The van der Waals surface area contributed by atoms with E-state index in [1.54, 1.807) is 5.57 Å². The van der Waals surface area contributed by atoms with Crippen LogP contribution in [-0.2, 0) is 0 Å². The van der Waals surface area contributed by atoms with Crippen molar-refractivity contribution in [1.82, 2.24) is 0 Å². The van der Waals surface area contributed by atoms with Crippen molar-refractivity contribution in [2.24, 2.45) is 0 Å². The molecule has 0 bridgehead atoms. The van der Waals surface area contributed by atoms with E-state index in [0.717, 1.165) is 24.0 Å². The van der Waals surface area contributed by atoms with Crippen molar-refractivity contribution in [2.75, 3.05) is 0 Å².